The maximum Gasteiger partial charge on any atom is 0.344 e. The average Bonchev–Trinajstić information content (AvgIpc) is 2.90. The van der Waals surface area contributed by atoms with Crippen molar-refractivity contribution in [1.29, 1.82) is 0 Å². The number of rotatable bonds is 6. The zero-order valence-corrected chi connectivity index (χ0v) is 16.5. The van der Waals surface area contributed by atoms with Gasteiger partial charge in [0, 0.05) is 5.56 Å². The van der Waals surface area contributed by atoms with Gasteiger partial charge in [-0.2, -0.15) is 5.01 Å². The summed E-state index contributed by atoms with van der Waals surface area (Å²) in [5.74, 6) is 0.542. The second-order valence-electron chi connectivity index (χ2n) is 7.30. The molecule has 28 heavy (non-hydrogen) atoms. The van der Waals surface area contributed by atoms with Gasteiger partial charge < -0.3 is 14.8 Å². The molecule has 152 valence electrons. The molecule has 0 bridgehead atoms. The van der Waals surface area contributed by atoms with Gasteiger partial charge in [-0.3, -0.25) is 15.0 Å². The lowest BCUT2D eigenvalue weighted by atomic mass is 9.77. The molecule has 1 saturated heterocycles. The van der Waals surface area contributed by atoms with Gasteiger partial charge in [-0.05, 0) is 63.6 Å². The smallest absolute Gasteiger partial charge is 0.344 e. The van der Waals surface area contributed by atoms with Crippen molar-refractivity contribution in [2.45, 2.75) is 52.0 Å². The highest BCUT2D eigenvalue weighted by atomic mass is 16.5. The minimum absolute atomic E-state index is 0.269. The summed E-state index contributed by atoms with van der Waals surface area (Å²) >= 11 is 0. The summed E-state index contributed by atoms with van der Waals surface area (Å²) in [6.07, 6.45) is 2.90. The number of amides is 4. The molecule has 0 unspecified atom stereocenters. The van der Waals surface area contributed by atoms with Crippen LogP contribution in [0.2, 0.25) is 0 Å². The minimum atomic E-state index is -0.897. The first-order valence-electron chi connectivity index (χ1n) is 9.77. The molecule has 2 fully saturated rings. The van der Waals surface area contributed by atoms with Crippen LogP contribution in [0.15, 0.2) is 18.2 Å². The number of nitrogens with one attached hydrogen (secondary N) is 2. The number of hydrogen-bond donors (Lipinski definition) is 2. The van der Waals surface area contributed by atoms with Crippen LogP contribution < -0.4 is 20.2 Å². The van der Waals surface area contributed by atoms with Crippen LogP contribution in [-0.4, -0.2) is 41.6 Å². The highest BCUT2D eigenvalue weighted by Gasteiger charge is 2.52. The lowest BCUT2D eigenvalue weighted by Gasteiger charge is -2.33. The third-order valence-electron chi connectivity index (χ3n) is 5.31. The zero-order chi connectivity index (χ0) is 20.3. The molecule has 1 heterocycles. The molecule has 8 heteroatoms. The number of carbonyl (C=O) groups is 3. The maximum atomic E-state index is 12.9. The Morgan fingerprint density at radius 1 is 1.18 bits per heavy atom. The van der Waals surface area contributed by atoms with Crippen molar-refractivity contribution in [2.24, 2.45) is 5.92 Å². The Kier molecular flexibility index (Phi) is 5.76. The topological polar surface area (TPSA) is 97.0 Å². The molecule has 1 aliphatic carbocycles. The second-order valence-corrected chi connectivity index (χ2v) is 7.30. The number of urea groups is 1. The number of ether oxygens (including phenoxy) is 2. The summed E-state index contributed by atoms with van der Waals surface area (Å²) in [5.41, 5.74) is 1.81. The Labute approximate surface area is 164 Å². The van der Waals surface area contributed by atoms with Crippen molar-refractivity contribution in [2.75, 3.05) is 13.2 Å². The van der Waals surface area contributed by atoms with Crippen LogP contribution in [0.25, 0.3) is 0 Å². The average molecular weight is 389 g/mol. The third kappa shape index (κ3) is 3.76. The monoisotopic (exact) mass is 389 g/mol. The van der Waals surface area contributed by atoms with Gasteiger partial charge in [0.1, 0.15) is 5.54 Å². The summed E-state index contributed by atoms with van der Waals surface area (Å²) < 4.78 is 11.0. The van der Waals surface area contributed by atoms with Crippen LogP contribution >= 0.6 is 0 Å². The molecular formula is C20H27N3O5. The van der Waals surface area contributed by atoms with Crippen molar-refractivity contribution in [3.05, 3.63) is 23.8 Å². The molecule has 3 rings (SSSR count). The van der Waals surface area contributed by atoms with E-state index in [1.807, 2.05) is 13.8 Å². The van der Waals surface area contributed by atoms with Crippen LogP contribution in [0.4, 0.5) is 4.79 Å². The van der Waals surface area contributed by atoms with E-state index < -0.39 is 23.4 Å². The zero-order valence-electron chi connectivity index (χ0n) is 16.5. The molecule has 1 aromatic carbocycles. The Balaban J connectivity index is 1.74. The number of carbonyl (C=O) groups excluding carboxylic acids is 3. The molecule has 1 spiro atoms. The van der Waals surface area contributed by atoms with Crippen molar-refractivity contribution in [3.63, 3.8) is 0 Å². The molecule has 1 aliphatic heterocycles. The summed E-state index contributed by atoms with van der Waals surface area (Å²) in [6.45, 7) is 6.71. The van der Waals surface area contributed by atoms with E-state index in [-0.39, 0.29) is 5.56 Å². The number of hydrogen-bond acceptors (Lipinski definition) is 5. The molecule has 8 nitrogen and oxygen atoms in total. The fourth-order valence-electron chi connectivity index (χ4n) is 3.67. The Hall–Kier alpha value is -2.77. The number of benzene rings is 1. The molecule has 1 saturated carbocycles. The van der Waals surface area contributed by atoms with Gasteiger partial charge in [-0.1, -0.05) is 6.92 Å². The van der Waals surface area contributed by atoms with E-state index in [0.29, 0.717) is 43.5 Å². The van der Waals surface area contributed by atoms with Gasteiger partial charge in [-0.15, -0.1) is 0 Å². The SMILES string of the molecule is CCOc1ccc(C(=O)NN2C(=O)NC3(CCC(C)CC3)C2=O)cc1OCC. The van der Waals surface area contributed by atoms with Crippen LogP contribution in [0, 0.1) is 5.92 Å². The molecule has 2 aliphatic rings. The molecular weight excluding hydrogens is 362 g/mol. The summed E-state index contributed by atoms with van der Waals surface area (Å²) in [5, 5.41) is 3.58. The van der Waals surface area contributed by atoms with E-state index in [1.54, 1.807) is 18.2 Å². The van der Waals surface area contributed by atoms with Gasteiger partial charge in [0.2, 0.25) is 0 Å². The quantitative estimate of drug-likeness (QED) is 0.729. The maximum absolute atomic E-state index is 12.9. The molecule has 0 aromatic heterocycles. The van der Waals surface area contributed by atoms with Gasteiger partial charge >= 0.3 is 6.03 Å². The van der Waals surface area contributed by atoms with E-state index in [0.717, 1.165) is 17.9 Å². The van der Waals surface area contributed by atoms with E-state index >= 15 is 0 Å². The molecule has 0 atom stereocenters. The van der Waals surface area contributed by atoms with Crippen molar-refractivity contribution < 1.29 is 23.9 Å². The van der Waals surface area contributed by atoms with Gasteiger partial charge in [0.15, 0.2) is 11.5 Å². The fraction of sp³-hybridized carbons (Fsp3) is 0.550. The van der Waals surface area contributed by atoms with Crippen LogP contribution in [0.1, 0.15) is 56.8 Å². The molecule has 2 N–H and O–H groups in total. The summed E-state index contributed by atoms with van der Waals surface area (Å²) in [4.78, 5) is 37.9. The molecule has 4 amide bonds. The standard InChI is InChI=1S/C20H27N3O5/c1-4-27-15-7-6-14(12-16(15)28-5-2)17(24)22-23-18(25)20(21-19(23)26)10-8-13(3)9-11-20/h6-7,12-13H,4-5,8-11H2,1-3H3,(H,21,26)(H,22,24). The van der Waals surface area contributed by atoms with E-state index in [9.17, 15) is 14.4 Å². The van der Waals surface area contributed by atoms with Crippen molar-refractivity contribution in [3.8, 4) is 11.5 Å². The minimum Gasteiger partial charge on any atom is -0.490 e. The number of nitrogens with zero attached hydrogens (tertiary/aromatic N) is 1. The van der Waals surface area contributed by atoms with Gasteiger partial charge in [-0.25, -0.2) is 4.79 Å². The normalized spacial score (nSPS) is 24.2. The summed E-state index contributed by atoms with van der Waals surface area (Å²) in [7, 11) is 0. The molecule has 1 aromatic rings. The largest absolute Gasteiger partial charge is 0.490 e. The highest BCUT2D eigenvalue weighted by molar-refractivity contribution is 6.09. The van der Waals surface area contributed by atoms with Crippen LogP contribution in [0.5, 0.6) is 11.5 Å². The summed E-state index contributed by atoms with van der Waals surface area (Å²) in [6, 6.07) is 4.16. The van der Waals surface area contributed by atoms with Crippen LogP contribution in [0.3, 0.4) is 0 Å². The fourth-order valence-corrected chi connectivity index (χ4v) is 3.67. The van der Waals surface area contributed by atoms with Gasteiger partial charge in [0.25, 0.3) is 11.8 Å². The van der Waals surface area contributed by atoms with Crippen LogP contribution in [-0.2, 0) is 4.79 Å². The Morgan fingerprint density at radius 3 is 2.46 bits per heavy atom. The first kappa shape index (κ1) is 20.0. The predicted octanol–water partition coefficient (Wildman–Crippen LogP) is 2.63. The van der Waals surface area contributed by atoms with E-state index in [1.165, 1.54) is 0 Å². The molecule has 0 radical (unpaired) electrons. The predicted molar refractivity (Wildman–Crippen MR) is 102 cm³/mol. The van der Waals surface area contributed by atoms with Gasteiger partial charge in [0.05, 0.1) is 13.2 Å². The Morgan fingerprint density at radius 2 is 1.82 bits per heavy atom. The van der Waals surface area contributed by atoms with E-state index in [4.69, 9.17) is 9.47 Å². The second kappa shape index (κ2) is 8.08. The first-order valence-corrected chi connectivity index (χ1v) is 9.77. The van der Waals surface area contributed by atoms with Crippen molar-refractivity contribution >= 4 is 17.8 Å². The highest BCUT2D eigenvalue weighted by Crippen LogP contribution is 2.36. The first-order chi connectivity index (χ1) is 13.4. The third-order valence-corrected chi connectivity index (χ3v) is 5.31. The number of imide groups is 1. The number of hydrazine groups is 1. The Bertz CT molecular complexity index is 771. The van der Waals surface area contributed by atoms with E-state index in [2.05, 4.69) is 17.7 Å². The lowest BCUT2D eigenvalue weighted by Crippen LogP contribution is -2.51. The van der Waals surface area contributed by atoms with Crippen molar-refractivity contribution in [1.82, 2.24) is 15.8 Å². The lowest BCUT2D eigenvalue weighted by molar-refractivity contribution is -0.134.